The molecule has 0 spiro atoms. The number of nitrogens with zero attached hydrogens (tertiary/aromatic N) is 6. The molecule has 3 aromatic carbocycles. The number of hydrogen-bond acceptors (Lipinski definition) is 8. The SMILES string of the molecule is Cc1c(CC(=O)N2CCC(C)(NC(=O)n3c(-c4ccnn4-c4ccc(C#N)cc4)c(C)n(-c4cccc(C(F)(F)F)c4)c3=O)CC2)cc(S(=O)(=O)[O-])c(C)c1C.[NH4+]. The highest BCUT2D eigenvalue weighted by atomic mass is 32.2. The van der Waals surface area contributed by atoms with Crippen LogP contribution in [0.3, 0.4) is 0 Å². The summed E-state index contributed by atoms with van der Waals surface area (Å²) in [5.74, 6) is -0.303. The fourth-order valence-corrected chi connectivity index (χ4v) is 7.89. The Bertz CT molecular complexity index is 2600. The Labute approximate surface area is 326 Å². The lowest BCUT2D eigenvalue weighted by Crippen LogP contribution is -2.56. The number of benzene rings is 3. The molecule has 0 atom stereocenters. The van der Waals surface area contributed by atoms with E-state index in [1.165, 1.54) is 36.0 Å². The van der Waals surface area contributed by atoms with Crippen molar-refractivity contribution >= 4 is 22.1 Å². The van der Waals surface area contributed by atoms with Gasteiger partial charge in [-0.3, -0.25) is 9.36 Å². The summed E-state index contributed by atoms with van der Waals surface area (Å²) in [7, 11) is -4.77. The van der Waals surface area contributed by atoms with E-state index in [1.54, 1.807) is 62.9 Å². The quantitative estimate of drug-likeness (QED) is 0.184. The number of imidazole rings is 1. The maximum absolute atomic E-state index is 14.3. The molecule has 0 aliphatic carbocycles. The second-order valence-electron chi connectivity index (χ2n) is 14.1. The minimum absolute atomic E-state index is 0. The molecule has 5 N–H and O–H groups in total. The number of quaternary nitrogens is 1. The second-order valence-corrected chi connectivity index (χ2v) is 15.5. The molecule has 2 aromatic heterocycles. The number of aromatic nitrogens is 4. The summed E-state index contributed by atoms with van der Waals surface area (Å²) in [6.45, 7) is 8.65. The second kappa shape index (κ2) is 15.5. The van der Waals surface area contributed by atoms with E-state index in [2.05, 4.69) is 10.4 Å². The third-order valence-corrected chi connectivity index (χ3v) is 11.5. The molecule has 1 aliphatic rings. The summed E-state index contributed by atoms with van der Waals surface area (Å²) in [4.78, 5) is 43.3. The Morgan fingerprint density at radius 1 is 0.965 bits per heavy atom. The fourth-order valence-electron chi connectivity index (χ4n) is 7.07. The van der Waals surface area contributed by atoms with Crippen molar-refractivity contribution in [2.24, 2.45) is 0 Å². The van der Waals surface area contributed by atoms with Gasteiger partial charge >= 0.3 is 17.9 Å². The lowest BCUT2D eigenvalue weighted by molar-refractivity contribution is -0.137. The predicted molar refractivity (Wildman–Crippen MR) is 203 cm³/mol. The van der Waals surface area contributed by atoms with Crippen LogP contribution in [0.15, 0.2) is 76.6 Å². The van der Waals surface area contributed by atoms with Crippen molar-refractivity contribution in [1.82, 2.24) is 35.3 Å². The van der Waals surface area contributed by atoms with Gasteiger partial charge in [0.25, 0.3) is 0 Å². The zero-order chi connectivity index (χ0) is 40.9. The average molecular weight is 807 g/mol. The van der Waals surface area contributed by atoms with E-state index in [4.69, 9.17) is 0 Å². The molecule has 1 saturated heterocycles. The summed E-state index contributed by atoms with van der Waals surface area (Å²) < 4.78 is 80.4. The number of hydrogen-bond donors (Lipinski definition) is 2. The first-order valence-corrected chi connectivity index (χ1v) is 18.9. The van der Waals surface area contributed by atoms with Crippen LogP contribution in [-0.4, -0.2) is 67.4 Å². The van der Waals surface area contributed by atoms with E-state index < -0.39 is 39.1 Å². The molecule has 3 heterocycles. The molecule has 0 unspecified atom stereocenters. The van der Waals surface area contributed by atoms with Crippen molar-refractivity contribution in [2.75, 3.05) is 13.1 Å². The Hall–Kier alpha value is -6.03. The molecule has 0 bridgehead atoms. The minimum atomic E-state index is -4.77. The largest absolute Gasteiger partial charge is 0.744 e. The molecular weight excluding hydrogens is 766 g/mol. The summed E-state index contributed by atoms with van der Waals surface area (Å²) in [5, 5.41) is 16.6. The maximum Gasteiger partial charge on any atom is 0.416 e. The molecule has 2 amide bonds. The molecule has 6 rings (SSSR count). The Morgan fingerprint density at radius 3 is 2.21 bits per heavy atom. The van der Waals surface area contributed by atoms with E-state index in [0.717, 1.165) is 21.3 Å². The number of carbonyl (C=O) groups is 2. The van der Waals surface area contributed by atoms with Crippen molar-refractivity contribution in [3.05, 3.63) is 116 Å². The zero-order valence-corrected chi connectivity index (χ0v) is 32.9. The normalized spacial score (nSPS) is 14.1. The number of piperidine rings is 1. The molecule has 300 valence electrons. The topological polar surface area (TPSA) is 212 Å². The monoisotopic (exact) mass is 806 g/mol. The van der Waals surface area contributed by atoms with E-state index >= 15 is 0 Å². The van der Waals surface area contributed by atoms with Crippen LogP contribution in [0.4, 0.5) is 18.0 Å². The van der Waals surface area contributed by atoms with Crippen LogP contribution < -0.4 is 17.2 Å². The summed E-state index contributed by atoms with van der Waals surface area (Å²) in [6.07, 6.45) is -2.89. The van der Waals surface area contributed by atoms with E-state index in [9.17, 15) is 45.8 Å². The van der Waals surface area contributed by atoms with Crippen LogP contribution in [0.2, 0.25) is 0 Å². The summed E-state index contributed by atoms with van der Waals surface area (Å²) in [6, 6.07) is 14.6. The van der Waals surface area contributed by atoms with Gasteiger partial charge in [-0.25, -0.2) is 27.3 Å². The molecule has 57 heavy (non-hydrogen) atoms. The maximum atomic E-state index is 14.3. The smallest absolute Gasteiger partial charge is 0.416 e. The highest BCUT2D eigenvalue weighted by Crippen LogP contribution is 2.33. The first-order valence-electron chi connectivity index (χ1n) is 17.5. The zero-order valence-electron chi connectivity index (χ0n) is 32.1. The van der Waals surface area contributed by atoms with Crippen LogP contribution in [0.1, 0.15) is 58.8 Å². The third kappa shape index (κ3) is 8.12. The number of nitriles is 1. The van der Waals surface area contributed by atoms with Gasteiger partial charge in [0, 0.05) is 18.6 Å². The lowest BCUT2D eigenvalue weighted by atomic mass is 9.89. The molecule has 1 aliphatic heterocycles. The van der Waals surface area contributed by atoms with Gasteiger partial charge in [-0.1, -0.05) is 6.07 Å². The van der Waals surface area contributed by atoms with E-state index in [-0.39, 0.29) is 72.1 Å². The predicted octanol–water partition coefficient (Wildman–Crippen LogP) is 6.08. The standard InChI is InChI=1S/C39H38F3N7O6S.H3N/c1-23-24(2)28(19-33(25(23)3)56(53,54)55)20-34(50)46-17-14-38(5,15-18-46)45-36(51)48-35(32-13-16-44-49(32)30-11-9-27(22-43)10-12-30)26(4)47(37(48)52)31-8-6-7-29(21-31)39(40,41)42;/h6-13,16,19,21H,14-15,17-18,20H2,1-5H3,(H,45,51)(H,53,54,55);1H3. The molecule has 18 heteroatoms. The van der Waals surface area contributed by atoms with Crippen LogP contribution in [0.5, 0.6) is 0 Å². The van der Waals surface area contributed by atoms with Crippen LogP contribution in [0.25, 0.3) is 22.8 Å². The molecule has 5 aromatic rings. The highest BCUT2D eigenvalue weighted by Gasteiger charge is 2.36. The Kier molecular flexibility index (Phi) is 11.4. The number of amides is 2. The third-order valence-electron chi connectivity index (χ3n) is 10.6. The Morgan fingerprint density at radius 2 is 1.61 bits per heavy atom. The van der Waals surface area contributed by atoms with Gasteiger partial charge in [0.15, 0.2) is 0 Å². The first kappa shape index (κ1) is 42.1. The van der Waals surface area contributed by atoms with Crippen LogP contribution in [-0.2, 0) is 27.5 Å². The molecule has 1 fully saturated rings. The summed E-state index contributed by atoms with van der Waals surface area (Å²) >= 11 is 0. The molecule has 0 radical (unpaired) electrons. The van der Waals surface area contributed by atoms with Crippen molar-refractivity contribution < 1.29 is 35.7 Å². The van der Waals surface area contributed by atoms with Gasteiger partial charge < -0.3 is 20.9 Å². The number of halogens is 3. The van der Waals surface area contributed by atoms with Crippen LogP contribution in [0, 0.1) is 39.0 Å². The highest BCUT2D eigenvalue weighted by molar-refractivity contribution is 7.85. The molecule has 14 nitrogen and oxygen atoms in total. The summed E-state index contributed by atoms with van der Waals surface area (Å²) in [5.41, 5.74) is 0.439. The van der Waals surface area contributed by atoms with Gasteiger partial charge in [0.1, 0.15) is 15.8 Å². The van der Waals surface area contributed by atoms with Crippen molar-refractivity contribution in [2.45, 2.75) is 70.5 Å². The van der Waals surface area contributed by atoms with Gasteiger partial charge in [-0.2, -0.15) is 23.5 Å². The van der Waals surface area contributed by atoms with Gasteiger partial charge in [0.05, 0.1) is 57.5 Å². The number of likely N-dealkylation sites (tertiary alicyclic amines) is 1. The van der Waals surface area contributed by atoms with Crippen molar-refractivity contribution in [3.63, 3.8) is 0 Å². The van der Waals surface area contributed by atoms with Crippen molar-refractivity contribution in [3.8, 4) is 28.8 Å². The van der Waals surface area contributed by atoms with Crippen molar-refractivity contribution in [1.29, 1.82) is 5.26 Å². The minimum Gasteiger partial charge on any atom is -0.744 e. The van der Waals surface area contributed by atoms with Gasteiger partial charge in [-0.15, -0.1) is 0 Å². The molecule has 0 saturated carbocycles. The average Bonchev–Trinajstić information content (AvgIpc) is 3.72. The number of carbonyl (C=O) groups excluding carboxylic acids is 2. The first-order chi connectivity index (χ1) is 26.2. The van der Waals surface area contributed by atoms with Gasteiger partial charge in [-0.05, 0) is 124 Å². The fraction of sp³-hybridized carbons (Fsp3) is 0.308. The number of rotatable bonds is 7. The van der Waals surface area contributed by atoms with E-state index in [1.807, 2.05) is 6.07 Å². The lowest BCUT2D eigenvalue weighted by Gasteiger charge is -2.40. The van der Waals surface area contributed by atoms with E-state index in [0.29, 0.717) is 33.5 Å². The molecular formula is C39H41F3N8O6S. The Balaban J connectivity index is 0.00000620. The number of alkyl halides is 3. The number of nitrogens with one attached hydrogen (secondary N) is 1. The van der Waals surface area contributed by atoms with Gasteiger partial charge in [0.2, 0.25) is 5.91 Å². The van der Waals surface area contributed by atoms with Crippen LogP contribution >= 0.6 is 0 Å².